The topological polar surface area (TPSA) is 21.3 Å². The predicted octanol–water partition coefficient (Wildman–Crippen LogP) is 3.65. The lowest BCUT2D eigenvalue weighted by molar-refractivity contribution is 0.291. The summed E-state index contributed by atoms with van der Waals surface area (Å²) in [6, 6.07) is 8.45. The zero-order chi connectivity index (χ0) is 13.6. The molecule has 2 heteroatoms. The molecule has 2 nitrogen and oxygen atoms in total. The molecule has 0 aliphatic rings. The van der Waals surface area contributed by atoms with Gasteiger partial charge in [-0.1, -0.05) is 26.0 Å². The van der Waals surface area contributed by atoms with Crippen molar-refractivity contribution >= 4 is 0 Å². The van der Waals surface area contributed by atoms with Gasteiger partial charge in [0.1, 0.15) is 12.4 Å². The summed E-state index contributed by atoms with van der Waals surface area (Å²) in [4.78, 5) is 0. The van der Waals surface area contributed by atoms with Crippen LogP contribution >= 0.6 is 0 Å². The van der Waals surface area contributed by atoms with Crippen LogP contribution in [0.4, 0.5) is 0 Å². The molecule has 0 aliphatic carbocycles. The summed E-state index contributed by atoms with van der Waals surface area (Å²) in [7, 11) is 0. The van der Waals surface area contributed by atoms with E-state index in [9.17, 15) is 0 Å². The van der Waals surface area contributed by atoms with Crippen LogP contribution in [0.5, 0.6) is 5.75 Å². The Morgan fingerprint density at radius 2 is 1.72 bits per heavy atom. The summed E-state index contributed by atoms with van der Waals surface area (Å²) < 4.78 is 5.70. The van der Waals surface area contributed by atoms with Crippen LogP contribution in [0.1, 0.15) is 40.2 Å². The molecular weight excluding hydrogens is 222 g/mol. The molecule has 1 N–H and O–H groups in total. The van der Waals surface area contributed by atoms with Gasteiger partial charge in [0.25, 0.3) is 0 Å². The largest absolute Gasteiger partial charge is 0.492 e. The Balaban J connectivity index is 2.31. The zero-order valence-electron chi connectivity index (χ0n) is 12.4. The quantitative estimate of drug-likeness (QED) is 0.777. The van der Waals surface area contributed by atoms with E-state index in [0.29, 0.717) is 12.5 Å². The van der Waals surface area contributed by atoms with E-state index >= 15 is 0 Å². The molecule has 0 bridgehead atoms. The lowest BCUT2D eigenvalue weighted by atomic mass is 10.0. The van der Waals surface area contributed by atoms with E-state index < -0.39 is 0 Å². The number of hydrogen-bond acceptors (Lipinski definition) is 2. The molecule has 0 saturated carbocycles. The second-order valence-electron chi connectivity index (χ2n) is 6.27. The van der Waals surface area contributed by atoms with E-state index in [1.54, 1.807) is 0 Å². The second-order valence-corrected chi connectivity index (χ2v) is 6.27. The molecule has 0 atom stereocenters. The van der Waals surface area contributed by atoms with Crippen molar-refractivity contribution in [3.8, 4) is 5.75 Å². The van der Waals surface area contributed by atoms with Crippen molar-refractivity contribution in [2.24, 2.45) is 5.92 Å². The van der Waals surface area contributed by atoms with Gasteiger partial charge < -0.3 is 10.1 Å². The first-order chi connectivity index (χ1) is 8.37. The highest BCUT2D eigenvalue weighted by Gasteiger charge is 2.07. The maximum atomic E-state index is 5.70. The smallest absolute Gasteiger partial charge is 0.119 e. The van der Waals surface area contributed by atoms with E-state index in [2.05, 4.69) is 64.2 Å². The lowest BCUT2D eigenvalue weighted by Gasteiger charge is -2.20. The number of ether oxygens (including phenoxy) is 1. The molecule has 0 aliphatic heterocycles. The van der Waals surface area contributed by atoms with Crippen LogP contribution in [0.15, 0.2) is 24.3 Å². The van der Waals surface area contributed by atoms with Gasteiger partial charge in [-0.2, -0.15) is 0 Å². The van der Waals surface area contributed by atoms with E-state index in [1.807, 2.05) is 0 Å². The molecule has 0 fully saturated rings. The minimum absolute atomic E-state index is 0.157. The standard InChI is InChI=1S/C16H27NO/c1-13(2)12-14-6-8-15(9-7-14)18-11-10-17-16(3,4)5/h6-9,13,17H,10-12H2,1-5H3. The Labute approximate surface area is 112 Å². The van der Waals surface area contributed by atoms with E-state index in [-0.39, 0.29) is 5.54 Å². The Kier molecular flexibility index (Phi) is 5.67. The fourth-order valence-corrected chi connectivity index (χ4v) is 1.79. The Bertz CT molecular complexity index is 335. The maximum absolute atomic E-state index is 5.70. The van der Waals surface area contributed by atoms with Gasteiger partial charge >= 0.3 is 0 Å². The summed E-state index contributed by atoms with van der Waals surface area (Å²) in [6.45, 7) is 12.5. The molecule has 1 aromatic carbocycles. The Morgan fingerprint density at radius 1 is 1.11 bits per heavy atom. The number of rotatable bonds is 6. The second kappa shape index (κ2) is 6.79. The van der Waals surface area contributed by atoms with Gasteiger partial charge in [0, 0.05) is 12.1 Å². The van der Waals surface area contributed by atoms with Gasteiger partial charge in [0.05, 0.1) is 0 Å². The number of hydrogen-bond donors (Lipinski definition) is 1. The summed E-state index contributed by atoms with van der Waals surface area (Å²) in [5, 5.41) is 3.40. The molecule has 0 saturated heterocycles. The number of benzene rings is 1. The van der Waals surface area contributed by atoms with Crippen molar-refractivity contribution in [3.63, 3.8) is 0 Å². The van der Waals surface area contributed by atoms with Crippen LogP contribution < -0.4 is 10.1 Å². The third-order valence-electron chi connectivity index (χ3n) is 2.59. The van der Waals surface area contributed by atoms with Crippen molar-refractivity contribution in [2.75, 3.05) is 13.2 Å². The maximum Gasteiger partial charge on any atom is 0.119 e. The predicted molar refractivity (Wildman–Crippen MR) is 78.2 cm³/mol. The van der Waals surface area contributed by atoms with Gasteiger partial charge in [-0.3, -0.25) is 0 Å². The normalized spacial score (nSPS) is 11.9. The van der Waals surface area contributed by atoms with E-state index in [0.717, 1.165) is 18.7 Å². The molecular formula is C16H27NO. The first kappa shape index (κ1) is 15.0. The van der Waals surface area contributed by atoms with Gasteiger partial charge in [-0.05, 0) is 50.8 Å². The molecule has 1 aromatic rings. The monoisotopic (exact) mass is 249 g/mol. The molecule has 0 heterocycles. The van der Waals surface area contributed by atoms with Gasteiger partial charge in [0.2, 0.25) is 0 Å². The van der Waals surface area contributed by atoms with Crippen LogP contribution in [0.25, 0.3) is 0 Å². The first-order valence-electron chi connectivity index (χ1n) is 6.83. The highest BCUT2D eigenvalue weighted by molar-refractivity contribution is 5.27. The zero-order valence-corrected chi connectivity index (χ0v) is 12.4. The van der Waals surface area contributed by atoms with Gasteiger partial charge in [0.15, 0.2) is 0 Å². The highest BCUT2D eigenvalue weighted by Crippen LogP contribution is 2.14. The van der Waals surface area contributed by atoms with Gasteiger partial charge in [-0.15, -0.1) is 0 Å². The van der Waals surface area contributed by atoms with Crippen molar-refractivity contribution in [1.82, 2.24) is 5.32 Å². The molecule has 0 unspecified atom stereocenters. The third kappa shape index (κ3) is 6.65. The first-order valence-corrected chi connectivity index (χ1v) is 6.83. The fourth-order valence-electron chi connectivity index (χ4n) is 1.79. The van der Waals surface area contributed by atoms with Crippen molar-refractivity contribution in [1.29, 1.82) is 0 Å². The van der Waals surface area contributed by atoms with Crippen molar-refractivity contribution < 1.29 is 4.74 Å². The van der Waals surface area contributed by atoms with Crippen molar-refractivity contribution in [3.05, 3.63) is 29.8 Å². The van der Waals surface area contributed by atoms with Gasteiger partial charge in [-0.25, -0.2) is 0 Å². The molecule has 0 aromatic heterocycles. The summed E-state index contributed by atoms with van der Waals surface area (Å²) >= 11 is 0. The lowest BCUT2D eigenvalue weighted by Crippen LogP contribution is -2.38. The molecule has 102 valence electrons. The average molecular weight is 249 g/mol. The van der Waals surface area contributed by atoms with Crippen LogP contribution in [-0.2, 0) is 6.42 Å². The highest BCUT2D eigenvalue weighted by atomic mass is 16.5. The third-order valence-corrected chi connectivity index (χ3v) is 2.59. The SMILES string of the molecule is CC(C)Cc1ccc(OCCNC(C)(C)C)cc1. The number of nitrogens with one attached hydrogen (secondary N) is 1. The molecule has 0 radical (unpaired) electrons. The fraction of sp³-hybridized carbons (Fsp3) is 0.625. The average Bonchev–Trinajstić information content (AvgIpc) is 2.24. The van der Waals surface area contributed by atoms with E-state index in [1.165, 1.54) is 5.56 Å². The summed E-state index contributed by atoms with van der Waals surface area (Å²) in [5.74, 6) is 1.66. The van der Waals surface area contributed by atoms with Crippen molar-refractivity contribution in [2.45, 2.75) is 46.6 Å². The molecule has 0 spiro atoms. The minimum Gasteiger partial charge on any atom is -0.492 e. The van der Waals surface area contributed by atoms with Crippen LogP contribution in [0, 0.1) is 5.92 Å². The van der Waals surface area contributed by atoms with Crippen LogP contribution in [0.3, 0.4) is 0 Å². The molecule has 1 rings (SSSR count). The Morgan fingerprint density at radius 3 is 2.22 bits per heavy atom. The van der Waals surface area contributed by atoms with Crippen LogP contribution in [-0.4, -0.2) is 18.7 Å². The van der Waals surface area contributed by atoms with E-state index in [4.69, 9.17) is 4.74 Å². The minimum atomic E-state index is 0.157. The Hall–Kier alpha value is -1.02. The summed E-state index contributed by atoms with van der Waals surface area (Å²) in [5.41, 5.74) is 1.54. The molecule has 18 heavy (non-hydrogen) atoms. The summed E-state index contributed by atoms with van der Waals surface area (Å²) in [6.07, 6.45) is 1.13. The van der Waals surface area contributed by atoms with Crippen LogP contribution in [0.2, 0.25) is 0 Å². The molecule has 0 amide bonds.